The Bertz CT molecular complexity index is 285. The van der Waals surface area contributed by atoms with Crippen molar-refractivity contribution >= 4 is 14.0 Å². The van der Waals surface area contributed by atoms with Gasteiger partial charge in [0, 0.05) is 8.07 Å². The minimum Gasteiger partial charge on any atom is -0.466 e. The summed E-state index contributed by atoms with van der Waals surface area (Å²) in [4.78, 5) is 12.2. The van der Waals surface area contributed by atoms with Gasteiger partial charge in [0.2, 0.25) is 0 Å². The molecule has 1 saturated carbocycles. The third kappa shape index (κ3) is 3.10. The molecule has 1 aliphatic rings. The maximum absolute atomic E-state index is 12.2. The predicted molar refractivity (Wildman–Crippen MR) is 71.7 cm³/mol. The zero-order chi connectivity index (χ0) is 13.3. The van der Waals surface area contributed by atoms with E-state index in [9.17, 15) is 9.90 Å². The third-order valence-electron chi connectivity index (χ3n) is 4.06. The average molecular weight is 258 g/mol. The Kier molecular flexibility index (Phi) is 4.41. The Labute approximate surface area is 106 Å². The van der Waals surface area contributed by atoms with Gasteiger partial charge in [0.05, 0.1) is 18.1 Å². The summed E-state index contributed by atoms with van der Waals surface area (Å²) in [6, 6.07) is 0. The highest BCUT2D eigenvalue weighted by Gasteiger charge is 2.51. The van der Waals surface area contributed by atoms with Gasteiger partial charge < -0.3 is 9.84 Å². The molecule has 1 rings (SSSR count). The van der Waals surface area contributed by atoms with Crippen molar-refractivity contribution in [1.82, 2.24) is 0 Å². The van der Waals surface area contributed by atoms with E-state index in [1.165, 1.54) is 0 Å². The van der Waals surface area contributed by atoms with Gasteiger partial charge in [-0.05, 0) is 38.7 Å². The van der Waals surface area contributed by atoms with Crippen LogP contribution in [0.2, 0.25) is 25.2 Å². The maximum atomic E-state index is 12.2. The van der Waals surface area contributed by atoms with Crippen LogP contribution in [0.1, 0.15) is 33.1 Å². The standard InChI is InChI=1S/C13H26O3Si/c1-6-16-12(15)13(2)8-7-10(14)9-11(13)17(3,4)5/h10-11,14H,6-9H2,1-5H3. The van der Waals surface area contributed by atoms with Crippen LogP contribution in [-0.4, -0.2) is 31.9 Å². The lowest BCUT2D eigenvalue weighted by Crippen LogP contribution is -2.49. The highest BCUT2D eigenvalue weighted by atomic mass is 28.3. The molecule has 1 N–H and O–H groups in total. The molecule has 0 amide bonds. The lowest BCUT2D eigenvalue weighted by Gasteiger charge is -2.46. The van der Waals surface area contributed by atoms with Crippen LogP contribution in [0.5, 0.6) is 0 Å². The van der Waals surface area contributed by atoms with Gasteiger partial charge in [-0.3, -0.25) is 4.79 Å². The Hall–Kier alpha value is -0.353. The Morgan fingerprint density at radius 2 is 2.06 bits per heavy atom. The quantitative estimate of drug-likeness (QED) is 0.625. The van der Waals surface area contributed by atoms with Crippen LogP contribution in [0.25, 0.3) is 0 Å². The van der Waals surface area contributed by atoms with Crippen LogP contribution in [0.4, 0.5) is 0 Å². The Balaban J connectivity index is 2.97. The largest absolute Gasteiger partial charge is 0.466 e. The van der Waals surface area contributed by atoms with E-state index >= 15 is 0 Å². The molecule has 3 unspecified atom stereocenters. The molecule has 4 heteroatoms. The first-order valence-corrected chi connectivity index (χ1v) is 10.1. The van der Waals surface area contributed by atoms with Gasteiger partial charge >= 0.3 is 5.97 Å². The molecule has 3 atom stereocenters. The first-order valence-electron chi connectivity index (χ1n) is 6.57. The van der Waals surface area contributed by atoms with E-state index in [0.717, 1.165) is 19.3 Å². The molecular formula is C13H26O3Si. The Morgan fingerprint density at radius 3 is 2.53 bits per heavy atom. The lowest BCUT2D eigenvalue weighted by molar-refractivity contribution is -0.157. The molecule has 0 spiro atoms. The second-order valence-corrected chi connectivity index (χ2v) is 11.9. The second-order valence-electron chi connectivity index (χ2n) is 6.48. The number of hydrogen-bond acceptors (Lipinski definition) is 3. The van der Waals surface area contributed by atoms with Crippen LogP contribution in [0.15, 0.2) is 0 Å². The smallest absolute Gasteiger partial charge is 0.311 e. The van der Waals surface area contributed by atoms with Crippen molar-refractivity contribution in [1.29, 1.82) is 0 Å². The fraction of sp³-hybridized carbons (Fsp3) is 0.923. The third-order valence-corrected chi connectivity index (χ3v) is 7.02. The molecule has 17 heavy (non-hydrogen) atoms. The molecule has 1 fully saturated rings. The minimum absolute atomic E-state index is 0.0701. The van der Waals surface area contributed by atoms with Gasteiger partial charge in [0.15, 0.2) is 0 Å². The van der Waals surface area contributed by atoms with Gasteiger partial charge in [-0.1, -0.05) is 19.6 Å². The minimum atomic E-state index is -1.49. The summed E-state index contributed by atoms with van der Waals surface area (Å²) >= 11 is 0. The second kappa shape index (κ2) is 5.10. The van der Waals surface area contributed by atoms with E-state index in [4.69, 9.17) is 4.74 Å². The van der Waals surface area contributed by atoms with E-state index in [1.54, 1.807) is 0 Å². The molecule has 0 aliphatic heterocycles. The van der Waals surface area contributed by atoms with Gasteiger partial charge in [-0.2, -0.15) is 0 Å². The molecule has 0 aromatic heterocycles. The van der Waals surface area contributed by atoms with Gasteiger partial charge in [0.1, 0.15) is 0 Å². The monoisotopic (exact) mass is 258 g/mol. The van der Waals surface area contributed by atoms with E-state index in [-0.39, 0.29) is 17.5 Å². The lowest BCUT2D eigenvalue weighted by atomic mass is 9.74. The van der Waals surface area contributed by atoms with E-state index in [1.807, 2.05) is 13.8 Å². The van der Waals surface area contributed by atoms with Crippen LogP contribution in [0.3, 0.4) is 0 Å². The molecule has 100 valence electrons. The van der Waals surface area contributed by atoms with Crippen molar-refractivity contribution in [3.63, 3.8) is 0 Å². The highest BCUT2D eigenvalue weighted by molar-refractivity contribution is 6.78. The van der Waals surface area contributed by atoms with Crippen molar-refractivity contribution in [2.24, 2.45) is 5.41 Å². The summed E-state index contributed by atoms with van der Waals surface area (Å²) in [5.41, 5.74) is -0.0857. The van der Waals surface area contributed by atoms with Crippen molar-refractivity contribution in [2.45, 2.75) is 64.4 Å². The first kappa shape index (κ1) is 14.7. The molecule has 0 aromatic rings. The Morgan fingerprint density at radius 1 is 1.47 bits per heavy atom. The van der Waals surface area contributed by atoms with E-state index < -0.39 is 8.07 Å². The van der Waals surface area contributed by atoms with Crippen molar-refractivity contribution in [2.75, 3.05) is 6.61 Å². The number of ether oxygens (including phenoxy) is 1. The topological polar surface area (TPSA) is 46.5 Å². The summed E-state index contributed by atoms with van der Waals surface area (Å²) in [5.74, 6) is -0.0701. The molecule has 0 bridgehead atoms. The van der Waals surface area contributed by atoms with Crippen LogP contribution in [-0.2, 0) is 9.53 Å². The fourth-order valence-corrected chi connectivity index (χ4v) is 6.29. The van der Waals surface area contributed by atoms with Crippen molar-refractivity contribution < 1.29 is 14.6 Å². The zero-order valence-corrected chi connectivity index (χ0v) is 12.7. The number of aliphatic hydroxyl groups excluding tert-OH is 1. The molecular weight excluding hydrogens is 232 g/mol. The van der Waals surface area contributed by atoms with Gasteiger partial charge in [-0.25, -0.2) is 0 Å². The van der Waals surface area contributed by atoms with Crippen molar-refractivity contribution in [3.05, 3.63) is 0 Å². The summed E-state index contributed by atoms with van der Waals surface area (Å²) in [6.07, 6.45) is 1.98. The van der Waals surface area contributed by atoms with Crippen LogP contribution < -0.4 is 0 Å². The van der Waals surface area contributed by atoms with Gasteiger partial charge in [0.25, 0.3) is 0 Å². The summed E-state index contributed by atoms with van der Waals surface area (Å²) in [6.45, 7) is 11.1. The zero-order valence-electron chi connectivity index (χ0n) is 11.7. The predicted octanol–water partition coefficient (Wildman–Crippen LogP) is 2.81. The number of aliphatic hydroxyl groups is 1. The van der Waals surface area contributed by atoms with Crippen LogP contribution >= 0.6 is 0 Å². The first-order chi connectivity index (χ1) is 7.71. The van der Waals surface area contributed by atoms with Crippen LogP contribution in [0, 0.1) is 5.41 Å². The summed E-state index contributed by atoms with van der Waals surface area (Å²) < 4.78 is 5.25. The molecule has 0 aromatic carbocycles. The van der Waals surface area contributed by atoms with E-state index in [2.05, 4.69) is 19.6 Å². The maximum Gasteiger partial charge on any atom is 0.311 e. The molecule has 3 nitrogen and oxygen atoms in total. The number of rotatable bonds is 3. The normalized spacial score (nSPS) is 34.5. The molecule has 1 aliphatic carbocycles. The average Bonchev–Trinajstić information content (AvgIpc) is 2.20. The summed E-state index contributed by atoms with van der Waals surface area (Å²) in [5, 5.41) is 9.86. The fourth-order valence-electron chi connectivity index (χ4n) is 3.14. The number of carbonyl (C=O) groups is 1. The molecule has 0 heterocycles. The number of esters is 1. The number of carbonyl (C=O) groups excluding carboxylic acids is 1. The van der Waals surface area contributed by atoms with Gasteiger partial charge in [-0.15, -0.1) is 0 Å². The summed E-state index contributed by atoms with van der Waals surface area (Å²) in [7, 11) is -1.49. The molecule has 0 radical (unpaired) electrons. The van der Waals surface area contributed by atoms with E-state index in [0.29, 0.717) is 12.1 Å². The highest BCUT2D eigenvalue weighted by Crippen LogP contribution is 2.51. The SMILES string of the molecule is CCOC(=O)C1(C)CCC(O)CC1[Si](C)(C)C. The number of hydrogen-bond donors (Lipinski definition) is 1. The molecule has 0 saturated heterocycles. The van der Waals surface area contributed by atoms with Crippen molar-refractivity contribution in [3.8, 4) is 0 Å².